The van der Waals surface area contributed by atoms with Crippen LogP contribution in [0.5, 0.6) is 0 Å². The molecule has 18 heavy (non-hydrogen) atoms. The summed E-state index contributed by atoms with van der Waals surface area (Å²) in [4.78, 5) is 7.18. The molecule has 0 saturated carbocycles. The number of nitrogens with zero attached hydrogens (tertiary/aromatic N) is 2. The van der Waals surface area contributed by atoms with Crippen molar-refractivity contribution in [2.45, 2.75) is 13.3 Å². The molecule has 0 aliphatic carbocycles. The Kier molecular flexibility index (Phi) is 3.15. The zero-order valence-corrected chi connectivity index (χ0v) is 10.8. The fraction of sp³-hybridized carbons (Fsp3) is 0.400. The molecule has 1 aliphatic heterocycles. The Balaban J connectivity index is 2.08. The van der Waals surface area contributed by atoms with Crippen molar-refractivity contribution in [3.8, 4) is 0 Å². The minimum absolute atomic E-state index is 1.04. The minimum atomic E-state index is 1.04. The van der Waals surface area contributed by atoms with E-state index >= 15 is 0 Å². The van der Waals surface area contributed by atoms with E-state index in [2.05, 4.69) is 47.5 Å². The van der Waals surface area contributed by atoms with E-state index in [-0.39, 0.29) is 0 Å². The van der Waals surface area contributed by atoms with Crippen LogP contribution in [0.3, 0.4) is 0 Å². The van der Waals surface area contributed by atoms with E-state index in [1.165, 1.54) is 17.2 Å². The van der Waals surface area contributed by atoms with Gasteiger partial charge in [-0.05, 0) is 31.3 Å². The van der Waals surface area contributed by atoms with Crippen molar-refractivity contribution in [3.63, 3.8) is 0 Å². The third-order valence-corrected chi connectivity index (χ3v) is 3.49. The van der Waals surface area contributed by atoms with E-state index in [4.69, 9.17) is 4.98 Å². The summed E-state index contributed by atoms with van der Waals surface area (Å²) in [6.45, 7) is 6.37. The van der Waals surface area contributed by atoms with Gasteiger partial charge in [-0.25, -0.2) is 4.98 Å². The highest BCUT2D eigenvalue weighted by Crippen LogP contribution is 2.25. The zero-order chi connectivity index (χ0) is 12.4. The van der Waals surface area contributed by atoms with Crippen molar-refractivity contribution in [1.82, 2.24) is 10.3 Å². The maximum absolute atomic E-state index is 4.76. The fourth-order valence-electron chi connectivity index (χ4n) is 2.61. The van der Waals surface area contributed by atoms with Crippen LogP contribution in [-0.4, -0.2) is 31.2 Å². The maximum Gasteiger partial charge on any atom is 0.136 e. The predicted molar refractivity (Wildman–Crippen MR) is 76.2 cm³/mol. The van der Waals surface area contributed by atoms with Crippen molar-refractivity contribution in [2.24, 2.45) is 0 Å². The molecule has 1 aromatic heterocycles. The number of hydrogen-bond donors (Lipinski definition) is 1. The summed E-state index contributed by atoms with van der Waals surface area (Å²) in [7, 11) is 0. The van der Waals surface area contributed by atoms with Gasteiger partial charge in [0, 0.05) is 30.7 Å². The first kappa shape index (κ1) is 11.5. The largest absolute Gasteiger partial charge is 0.355 e. The van der Waals surface area contributed by atoms with Gasteiger partial charge in [-0.1, -0.05) is 24.3 Å². The topological polar surface area (TPSA) is 28.2 Å². The smallest absolute Gasteiger partial charge is 0.136 e. The normalized spacial score (nSPS) is 16.8. The van der Waals surface area contributed by atoms with E-state index in [1.54, 1.807) is 0 Å². The van der Waals surface area contributed by atoms with Crippen LogP contribution in [0.2, 0.25) is 0 Å². The van der Waals surface area contributed by atoms with Gasteiger partial charge in [-0.2, -0.15) is 0 Å². The monoisotopic (exact) mass is 241 g/mol. The van der Waals surface area contributed by atoms with Gasteiger partial charge in [0.2, 0.25) is 0 Å². The molecular formula is C15H19N3. The Morgan fingerprint density at radius 2 is 2.06 bits per heavy atom. The number of fused-ring (bicyclic) bond motifs is 1. The quantitative estimate of drug-likeness (QED) is 0.830. The highest BCUT2D eigenvalue weighted by Gasteiger charge is 2.14. The molecule has 0 bridgehead atoms. The number of aromatic nitrogens is 1. The van der Waals surface area contributed by atoms with Crippen molar-refractivity contribution >= 4 is 16.6 Å². The van der Waals surface area contributed by atoms with Crippen molar-refractivity contribution in [2.75, 3.05) is 31.1 Å². The molecule has 1 saturated heterocycles. The van der Waals surface area contributed by atoms with Gasteiger partial charge < -0.3 is 10.2 Å². The second-order valence-corrected chi connectivity index (χ2v) is 4.90. The summed E-state index contributed by atoms with van der Waals surface area (Å²) in [5.41, 5.74) is 1.10. The molecule has 1 aromatic carbocycles. The summed E-state index contributed by atoms with van der Waals surface area (Å²) in [5, 5.41) is 6.00. The van der Waals surface area contributed by atoms with Crippen LogP contribution < -0.4 is 10.2 Å². The molecule has 1 N–H and O–H groups in total. The van der Waals surface area contributed by atoms with Crippen LogP contribution in [-0.2, 0) is 0 Å². The van der Waals surface area contributed by atoms with Gasteiger partial charge in [-0.15, -0.1) is 0 Å². The standard InChI is InChI=1S/C15H19N3/c1-12-11-13-5-2-3-6-14(13)15(17-12)18-9-4-7-16-8-10-18/h2-3,5-6,11,16H,4,7-10H2,1H3. The van der Waals surface area contributed by atoms with Gasteiger partial charge in [0.15, 0.2) is 0 Å². The first-order chi connectivity index (χ1) is 8.84. The molecule has 1 fully saturated rings. The predicted octanol–water partition coefficient (Wildman–Crippen LogP) is 2.34. The molecular weight excluding hydrogens is 222 g/mol. The second kappa shape index (κ2) is 4.94. The van der Waals surface area contributed by atoms with E-state index in [0.29, 0.717) is 0 Å². The SMILES string of the molecule is Cc1cc2ccccc2c(N2CCCNCC2)n1. The number of pyridine rings is 1. The van der Waals surface area contributed by atoms with Gasteiger partial charge in [-0.3, -0.25) is 0 Å². The summed E-state index contributed by atoms with van der Waals surface area (Å²) < 4.78 is 0. The van der Waals surface area contributed by atoms with Crippen molar-refractivity contribution in [3.05, 3.63) is 36.0 Å². The van der Waals surface area contributed by atoms with Gasteiger partial charge >= 0.3 is 0 Å². The maximum atomic E-state index is 4.76. The molecule has 0 spiro atoms. The van der Waals surface area contributed by atoms with E-state index < -0.39 is 0 Å². The van der Waals surface area contributed by atoms with E-state index in [1.807, 2.05) is 0 Å². The summed E-state index contributed by atoms with van der Waals surface area (Å²) in [6.07, 6.45) is 1.18. The third-order valence-electron chi connectivity index (χ3n) is 3.49. The molecule has 94 valence electrons. The molecule has 2 heterocycles. The Labute approximate surface area is 108 Å². The van der Waals surface area contributed by atoms with Crippen LogP contribution in [0.25, 0.3) is 10.8 Å². The van der Waals surface area contributed by atoms with Gasteiger partial charge in [0.05, 0.1) is 0 Å². The lowest BCUT2D eigenvalue weighted by molar-refractivity contribution is 0.724. The molecule has 1 aliphatic rings. The van der Waals surface area contributed by atoms with Crippen molar-refractivity contribution < 1.29 is 0 Å². The van der Waals surface area contributed by atoms with E-state index in [9.17, 15) is 0 Å². The lowest BCUT2D eigenvalue weighted by atomic mass is 10.1. The minimum Gasteiger partial charge on any atom is -0.355 e. The Hall–Kier alpha value is -1.61. The van der Waals surface area contributed by atoms with Crippen LogP contribution in [0.1, 0.15) is 12.1 Å². The summed E-state index contributed by atoms with van der Waals surface area (Å²) in [6, 6.07) is 10.7. The number of nitrogens with one attached hydrogen (secondary N) is 1. The number of anilines is 1. The third kappa shape index (κ3) is 2.18. The zero-order valence-electron chi connectivity index (χ0n) is 10.8. The lowest BCUT2D eigenvalue weighted by Crippen LogP contribution is -2.28. The number of benzene rings is 1. The average Bonchev–Trinajstić information content (AvgIpc) is 2.66. The fourth-order valence-corrected chi connectivity index (χ4v) is 2.61. The summed E-state index contributed by atoms with van der Waals surface area (Å²) >= 11 is 0. The molecule has 2 aromatic rings. The Bertz CT molecular complexity index is 542. The first-order valence-electron chi connectivity index (χ1n) is 6.67. The molecule has 0 atom stereocenters. The molecule has 3 heteroatoms. The highest BCUT2D eigenvalue weighted by molar-refractivity contribution is 5.92. The molecule has 0 amide bonds. The molecule has 3 nitrogen and oxygen atoms in total. The van der Waals surface area contributed by atoms with Crippen molar-refractivity contribution in [1.29, 1.82) is 0 Å². The van der Waals surface area contributed by atoms with Gasteiger partial charge in [0.1, 0.15) is 5.82 Å². The van der Waals surface area contributed by atoms with E-state index in [0.717, 1.165) is 37.7 Å². The van der Waals surface area contributed by atoms with Crippen LogP contribution in [0, 0.1) is 6.92 Å². The second-order valence-electron chi connectivity index (χ2n) is 4.90. The number of hydrogen-bond acceptors (Lipinski definition) is 3. The first-order valence-corrected chi connectivity index (χ1v) is 6.67. The lowest BCUT2D eigenvalue weighted by Gasteiger charge is -2.23. The number of aryl methyl sites for hydroxylation is 1. The average molecular weight is 241 g/mol. The van der Waals surface area contributed by atoms with Crippen LogP contribution in [0.4, 0.5) is 5.82 Å². The molecule has 0 radical (unpaired) electrons. The summed E-state index contributed by atoms with van der Waals surface area (Å²) in [5.74, 6) is 1.15. The van der Waals surface area contributed by atoms with Crippen LogP contribution in [0.15, 0.2) is 30.3 Å². The van der Waals surface area contributed by atoms with Gasteiger partial charge in [0.25, 0.3) is 0 Å². The number of rotatable bonds is 1. The Morgan fingerprint density at radius 1 is 1.17 bits per heavy atom. The van der Waals surface area contributed by atoms with Crippen LogP contribution >= 0.6 is 0 Å². The molecule has 3 rings (SSSR count). The Morgan fingerprint density at radius 3 is 3.00 bits per heavy atom. The molecule has 0 unspecified atom stereocenters. The highest BCUT2D eigenvalue weighted by atomic mass is 15.2.